The minimum absolute atomic E-state index is 0.0985. The molecule has 1 atom stereocenters. The van der Waals surface area contributed by atoms with E-state index in [0.29, 0.717) is 24.2 Å². The number of benzene rings is 1. The first-order valence-electron chi connectivity index (χ1n) is 7.10. The van der Waals surface area contributed by atoms with Crippen LogP contribution in [0.1, 0.15) is 22.3 Å². The quantitative estimate of drug-likeness (QED) is 0.905. The lowest BCUT2D eigenvalue weighted by Crippen LogP contribution is -2.39. The summed E-state index contributed by atoms with van der Waals surface area (Å²) >= 11 is 0. The van der Waals surface area contributed by atoms with Gasteiger partial charge in [-0.15, -0.1) is 0 Å². The highest BCUT2D eigenvalue weighted by Gasteiger charge is 2.35. The van der Waals surface area contributed by atoms with Crippen LogP contribution in [0.2, 0.25) is 0 Å². The fraction of sp³-hybridized carbons (Fsp3) is 0.312. The second-order valence-corrected chi connectivity index (χ2v) is 5.55. The third kappa shape index (κ3) is 2.26. The molecular weight excluding hydrogens is 284 g/mol. The Kier molecular flexibility index (Phi) is 3.44. The van der Waals surface area contributed by atoms with Crippen molar-refractivity contribution in [2.24, 2.45) is 5.92 Å². The lowest BCUT2D eigenvalue weighted by molar-refractivity contribution is -0.141. The summed E-state index contributed by atoms with van der Waals surface area (Å²) in [7, 11) is 0. The van der Waals surface area contributed by atoms with Crippen molar-refractivity contribution in [3.63, 3.8) is 0 Å². The normalized spacial score (nSPS) is 20.5. The number of fused-ring (bicyclic) bond motifs is 1. The smallest absolute Gasteiger partial charge is 0.308 e. The number of carboxylic acids is 1. The van der Waals surface area contributed by atoms with Crippen molar-refractivity contribution in [2.75, 3.05) is 19.6 Å². The van der Waals surface area contributed by atoms with Gasteiger partial charge >= 0.3 is 5.97 Å². The number of carbonyl (C=O) groups excluding carboxylic acids is 2. The summed E-state index contributed by atoms with van der Waals surface area (Å²) in [6, 6.07) is 7.10. The topological polar surface area (TPSA) is 77.9 Å². The monoisotopic (exact) mass is 300 g/mol. The van der Waals surface area contributed by atoms with Crippen LogP contribution in [-0.4, -0.2) is 52.3 Å². The summed E-state index contributed by atoms with van der Waals surface area (Å²) in [6.45, 7) is 4.41. The van der Waals surface area contributed by atoms with Crippen LogP contribution in [0.4, 0.5) is 0 Å². The number of hydrogen-bond acceptors (Lipinski definition) is 3. The fourth-order valence-electron chi connectivity index (χ4n) is 2.93. The van der Waals surface area contributed by atoms with Crippen LogP contribution in [0.15, 0.2) is 30.8 Å². The van der Waals surface area contributed by atoms with E-state index in [1.807, 2.05) is 6.07 Å². The van der Waals surface area contributed by atoms with Gasteiger partial charge in [0, 0.05) is 29.9 Å². The Balaban J connectivity index is 1.70. The number of amides is 2. The van der Waals surface area contributed by atoms with Crippen molar-refractivity contribution in [2.45, 2.75) is 6.42 Å². The standard InChI is InChI=1S/C16H16N2O4/c1-10-12-4-2-3-5-13(12)15(20)18(10)9-14(19)17-7-6-11(8-17)16(21)22/h2-5,11H,1,6-9H2,(H,21,22). The van der Waals surface area contributed by atoms with Crippen molar-refractivity contribution >= 4 is 23.5 Å². The summed E-state index contributed by atoms with van der Waals surface area (Å²) in [6.07, 6.45) is 0.455. The number of rotatable bonds is 3. The first kappa shape index (κ1) is 14.3. The van der Waals surface area contributed by atoms with Gasteiger partial charge in [-0.25, -0.2) is 0 Å². The lowest BCUT2D eigenvalue weighted by atomic mass is 10.1. The van der Waals surface area contributed by atoms with Gasteiger partial charge in [0.1, 0.15) is 6.54 Å². The van der Waals surface area contributed by atoms with Gasteiger partial charge in [0.25, 0.3) is 5.91 Å². The van der Waals surface area contributed by atoms with Crippen molar-refractivity contribution in [3.8, 4) is 0 Å². The molecule has 2 amide bonds. The van der Waals surface area contributed by atoms with Crippen molar-refractivity contribution in [3.05, 3.63) is 42.0 Å². The van der Waals surface area contributed by atoms with Gasteiger partial charge in [0.15, 0.2) is 0 Å². The Morgan fingerprint density at radius 2 is 1.95 bits per heavy atom. The first-order valence-corrected chi connectivity index (χ1v) is 7.10. The van der Waals surface area contributed by atoms with E-state index in [9.17, 15) is 14.4 Å². The summed E-state index contributed by atoms with van der Waals surface area (Å²) in [4.78, 5) is 38.5. The van der Waals surface area contributed by atoms with E-state index in [1.165, 1.54) is 9.80 Å². The molecule has 6 nitrogen and oxygen atoms in total. The predicted molar refractivity (Wildman–Crippen MR) is 78.8 cm³/mol. The van der Waals surface area contributed by atoms with Crippen LogP contribution in [-0.2, 0) is 9.59 Å². The molecule has 1 aromatic carbocycles. The summed E-state index contributed by atoms with van der Waals surface area (Å²) in [5, 5.41) is 8.98. The molecule has 2 heterocycles. The molecule has 3 rings (SSSR count). The zero-order valence-corrected chi connectivity index (χ0v) is 12.0. The molecule has 1 N–H and O–H groups in total. The second kappa shape index (κ2) is 5.29. The minimum atomic E-state index is -0.885. The molecule has 114 valence electrons. The summed E-state index contributed by atoms with van der Waals surface area (Å²) in [5.41, 5.74) is 1.80. The van der Waals surface area contributed by atoms with E-state index in [-0.39, 0.29) is 24.9 Å². The molecule has 6 heteroatoms. The fourth-order valence-corrected chi connectivity index (χ4v) is 2.93. The minimum Gasteiger partial charge on any atom is -0.481 e. The number of carbonyl (C=O) groups is 3. The Labute approximate surface area is 127 Å². The molecule has 0 saturated carbocycles. The Bertz CT molecular complexity index is 647. The van der Waals surface area contributed by atoms with Gasteiger partial charge in [-0.2, -0.15) is 0 Å². The van der Waals surface area contributed by atoms with E-state index < -0.39 is 11.9 Å². The van der Waals surface area contributed by atoms with E-state index in [1.54, 1.807) is 18.2 Å². The summed E-state index contributed by atoms with van der Waals surface area (Å²) < 4.78 is 0. The molecule has 1 fully saturated rings. The molecule has 0 aromatic heterocycles. The van der Waals surface area contributed by atoms with Gasteiger partial charge < -0.3 is 10.0 Å². The maximum atomic E-state index is 12.3. The van der Waals surface area contributed by atoms with Gasteiger partial charge in [-0.05, 0) is 12.5 Å². The molecule has 0 aliphatic carbocycles. The molecule has 2 aliphatic heterocycles. The number of carboxylic acid groups (broad SMARTS) is 1. The highest BCUT2D eigenvalue weighted by molar-refractivity contribution is 6.10. The molecule has 0 bridgehead atoms. The zero-order chi connectivity index (χ0) is 15.9. The average molecular weight is 300 g/mol. The second-order valence-electron chi connectivity index (χ2n) is 5.55. The lowest BCUT2D eigenvalue weighted by Gasteiger charge is -2.21. The van der Waals surface area contributed by atoms with Crippen LogP contribution in [0.3, 0.4) is 0 Å². The van der Waals surface area contributed by atoms with Crippen LogP contribution < -0.4 is 0 Å². The first-order chi connectivity index (χ1) is 10.5. The number of likely N-dealkylation sites (tertiary alicyclic amines) is 1. The summed E-state index contributed by atoms with van der Waals surface area (Å²) in [5.74, 6) is -1.88. The largest absolute Gasteiger partial charge is 0.481 e. The van der Waals surface area contributed by atoms with Crippen LogP contribution in [0.25, 0.3) is 5.70 Å². The van der Waals surface area contributed by atoms with Crippen LogP contribution in [0.5, 0.6) is 0 Å². The number of aliphatic carboxylic acids is 1. The van der Waals surface area contributed by atoms with Gasteiger partial charge in [0.2, 0.25) is 5.91 Å². The third-order valence-corrected chi connectivity index (χ3v) is 4.22. The molecule has 1 saturated heterocycles. The van der Waals surface area contributed by atoms with E-state index in [4.69, 9.17) is 5.11 Å². The van der Waals surface area contributed by atoms with Crippen molar-refractivity contribution < 1.29 is 19.5 Å². The highest BCUT2D eigenvalue weighted by atomic mass is 16.4. The zero-order valence-electron chi connectivity index (χ0n) is 12.0. The molecular formula is C16H16N2O4. The molecule has 1 unspecified atom stereocenters. The molecule has 22 heavy (non-hydrogen) atoms. The molecule has 0 spiro atoms. The van der Waals surface area contributed by atoms with Crippen molar-refractivity contribution in [1.82, 2.24) is 9.80 Å². The highest BCUT2D eigenvalue weighted by Crippen LogP contribution is 2.31. The van der Waals surface area contributed by atoms with Crippen LogP contribution in [0, 0.1) is 5.92 Å². The van der Waals surface area contributed by atoms with Crippen LogP contribution >= 0.6 is 0 Å². The Hall–Kier alpha value is -2.63. The number of nitrogens with zero attached hydrogens (tertiary/aromatic N) is 2. The van der Waals surface area contributed by atoms with E-state index in [0.717, 1.165) is 5.56 Å². The van der Waals surface area contributed by atoms with Gasteiger partial charge in [-0.1, -0.05) is 24.8 Å². The average Bonchev–Trinajstić information content (AvgIpc) is 3.08. The Morgan fingerprint density at radius 3 is 2.55 bits per heavy atom. The number of hydrogen-bond donors (Lipinski definition) is 1. The molecule has 0 radical (unpaired) electrons. The van der Waals surface area contributed by atoms with E-state index >= 15 is 0 Å². The molecule has 1 aromatic rings. The SMILES string of the molecule is C=C1c2ccccc2C(=O)N1CC(=O)N1CCC(C(=O)O)C1. The third-order valence-electron chi connectivity index (χ3n) is 4.22. The van der Waals surface area contributed by atoms with Gasteiger partial charge in [0.05, 0.1) is 5.92 Å². The molecule has 2 aliphatic rings. The van der Waals surface area contributed by atoms with Crippen molar-refractivity contribution in [1.29, 1.82) is 0 Å². The van der Waals surface area contributed by atoms with Gasteiger partial charge in [-0.3, -0.25) is 19.3 Å². The Morgan fingerprint density at radius 1 is 1.27 bits per heavy atom. The predicted octanol–water partition coefficient (Wildman–Crippen LogP) is 1.05. The maximum Gasteiger partial charge on any atom is 0.308 e. The maximum absolute atomic E-state index is 12.3. The van der Waals surface area contributed by atoms with E-state index in [2.05, 4.69) is 6.58 Å².